The molecule has 5 heteroatoms. The fourth-order valence-corrected chi connectivity index (χ4v) is 2.47. The first-order valence-corrected chi connectivity index (χ1v) is 5.01. The van der Waals surface area contributed by atoms with E-state index in [1.165, 1.54) is 16.2 Å². The largest absolute Gasteiger partial charge is 0.296 e. The van der Waals surface area contributed by atoms with E-state index in [0.717, 1.165) is 13.1 Å². The molecule has 1 aromatic rings. The number of halogens is 1. The van der Waals surface area contributed by atoms with E-state index in [2.05, 4.69) is 22.2 Å². The van der Waals surface area contributed by atoms with Crippen molar-refractivity contribution in [1.82, 2.24) is 15.2 Å². The van der Waals surface area contributed by atoms with Gasteiger partial charge in [0.15, 0.2) is 4.47 Å². The Kier molecular flexibility index (Phi) is 2.32. The second-order valence-electron chi connectivity index (χ2n) is 2.85. The minimum absolute atomic E-state index is 0.315. The maximum Gasteiger partial charge on any atom is 0.183 e. The number of rotatable bonds is 1. The second kappa shape index (κ2) is 3.30. The van der Waals surface area contributed by atoms with Gasteiger partial charge in [0.25, 0.3) is 0 Å². The summed E-state index contributed by atoms with van der Waals surface area (Å²) in [5.74, 6) is 0. The third-order valence-corrected chi connectivity index (χ3v) is 3.18. The van der Waals surface area contributed by atoms with Gasteiger partial charge < -0.3 is 0 Å². The molecule has 0 radical (unpaired) electrons. The molecule has 1 aliphatic rings. The van der Waals surface area contributed by atoms with Gasteiger partial charge in [-0.05, 0) is 7.05 Å². The van der Waals surface area contributed by atoms with Crippen molar-refractivity contribution in [2.75, 3.05) is 20.1 Å². The highest BCUT2D eigenvalue weighted by Crippen LogP contribution is 2.27. The predicted octanol–water partition coefficient (Wildman–Crippen LogP) is 1.33. The van der Waals surface area contributed by atoms with Crippen LogP contribution in [0.25, 0.3) is 0 Å². The van der Waals surface area contributed by atoms with Gasteiger partial charge in [0.05, 0.1) is 11.0 Å². The molecule has 1 aromatic heterocycles. The molecule has 3 nitrogen and oxygen atoms in total. The lowest BCUT2D eigenvalue weighted by Gasteiger charge is -2.16. The van der Waals surface area contributed by atoms with Crippen molar-refractivity contribution in [2.24, 2.45) is 0 Å². The zero-order valence-electron chi connectivity index (χ0n) is 6.75. The average molecular weight is 204 g/mol. The summed E-state index contributed by atoms with van der Waals surface area (Å²) in [6.07, 6.45) is 2.15. The highest BCUT2D eigenvalue weighted by Gasteiger charge is 2.23. The summed E-state index contributed by atoms with van der Waals surface area (Å²) in [6.45, 7) is 2.12. The van der Waals surface area contributed by atoms with E-state index in [9.17, 15) is 0 Å². The molecule has 2 heterocycles. The van der Waals surface area contributed by atoms with Crippen LogP contribution in [0.3, 0.4) is 0 Å². The molecule has 12 heavy (non-hydrogen) atoms. The molecule has 0 aliphatic carbocycles. The zero-order valence-corrected chi connectivity index (χ0v) is 8.32. The molecular formula is C7H10ClN3S. The topological polar surface area (TPSA) is 28.2 Å². The second-order valence-corrected chi connectivity index (χ2v) is 4.50. The Labute approximate surface area is 80.4 Å². The van der Waals surface area contributed by atoms with Gasteiger partial charge in [-0.3, -0.25) is 10.2 Å². The van der Waals surface area contributed by atoms with E-state index < -0.39 is 0 Å². The zero-order chi connectivity index (χ0) is 8.55. The molecular weight excluding hydrogens is 194 g/mol. The number of nitrogens with one attached hydrogen (secondary N) is 1. The monoisotopic (exact) mass is 203 g/mol. The van der Waals surface area contributed by atoms with E-state index in [0.29, 0.717) is 10.6 Å². The summed E-state index contributed by atoms with van der Waals surface area (Å²) < 4.78 is 0.618. The maximum absolute atomic E-state index is 5.75. The van der Waals surface area contributed by atoms with Crippen LogP contribution in [-0.2, 0) is 0 Å². The van der Waals surface area contributed by atoms with Crippen LogP contribution in [0.5, 0.6) is 0 Å². The lowest BCUT2D eigenvalue weighted by atomic mass is 10.4. The number of hydrogen-bond donors (Lipinski definition) is 1. The Balaban J connectivity index is 2.19. The summed E-state index contributed by atoms with van der Waals surface area (Å²) >= 11 is 7.29. The van der Waals surface area contributed by atoms with Crippen LogP contribution >= 0.6 is 22.9 Å². The van der Waals surface area contributed by atoms with Gasteiger partial charge in [-0.25, -0.2) is 4.98 Å². The first kappa shape index (κ1) is 8.44. The number of thiazole rings is 1. The van der Waals surface area contributed by atoms with E-state index in [4.69, 9.17) is 11.6 Å². The molecule has 66 valence electrons. The van der Waals surface area contributed by atoms with Crippen molar-refractivity contribution in [3.05, 3.63) is 15.5 Å². The predicted molar refractivity (Wildman–Crippen MR) is 50.5 cm³/mol. The highest BCUT2D eigenvalue weighted by molar-refractivity contribution is 7.15. The van der Waals surface area contributed by atoms with Gasteiger partial charge in [-0.2, -0.15) is 0 Å². The third kappa shape index (κ3) is 1.47. The van der Waals surface area contributed by atoms with E-state index in [1.807, 2.05) is 6.20 Å². The highest BCUT2D eigenvalue weighted by atomic mass is 35.5. The minimum atomic E-state index is 0.315. The minimum Gasteiger partial charge on any atom is -0.296 e. The van der Waals surface area contributed by atoms with Gasteiger partial charge in [0, 0.05) is 19.3 Å². The van der Waals surface area contributed by atoms with Crippen molar-refractivity contribution in [3.63, 3.8) is 0 Å². The Morgan fingerprint density at radius 2 is 2.67 bits per heavy atom. The molecule has 1 aliphatic heterocycles. The maximum atomic E-state index is 5.75. The molecule has 0 aromatic carbocycles. The number of nitrogens with zero attached hydrogens (tertiary/aromatic N) is 2. The fraction of sp³-hybridized carbons (Fsp3) is 0.571. The van der Waals surface area contributed by atoms with Gasteiger partial charge in [0.2, 0.25) is 0 Å². The quantitative estimate of drug-likeness (QED) is 0.747. The number of likely N-dealkylation sites (N-methyl/N-ethyl adjacent to an activating group) is 1. The van der Waals surface area contributed by atoms with Crippen molar-refractivity contribution in [3.8, 4) is 0 Å². The Morgan fingerprint density at radius 1 is 1.83 bits per heavy atom. The first-order valence-electron chi connectivity index (χ1n) is 3.82. The van der Waals surface area contributed by atoms with Crippen LogP contribution in [0, 0.1) is 0 Å². The lowest BCUT2D eigenvalue weighted by molar-refractivity contribution is 0.305. The number of aromatic nitrogens is 1. The van der Waals surface area contributed by atoms with Crippen molar-refractivity contribution in [1.29, 1.82) is 0 Å². The number of hydrogen-bond acceptors (Lipinski definition) is 4. The standard InChI is InChI=1S/C7H10ClN3S/c1-11-3-2-9-6(11)5-4-10-7(8)12-5/h4,6,9H,2-3H2,1H3. The van der Waals surface area contributed by atoms with Crippen LogP contribution in [-0.4, -0.2) is 30.0 Å². The summed E-state index contributed by atoms with van der Waals surface area (Å²) in [6, 6.07) is 0. The molecule has 2 rings (SSSR count). The SMILES string of the molecule is CN1CCNC1c1cnc(Cl)s1. The van der Waals surface area contributed by atoms with E-state index in [1.54, 1.807) is 0 Å². The molecule has 1 fully saturated rings. The fourth-order valence-electron chi connectivity index (χ4n) is 1.37. The van der Waals surface area contributed by atoms with Crippen molar-refractivity contribution < 1.29 is 0 Å². The molecule has 1 unspecified atom stereocenters. The lowest BCUT2D eigenvalue weighted by Crippen LogP contribution is -2.22. The van der Waals surface area contributed by atoms with Gasteiger partial charge in [-0.15, -0.1) is 11.3 Å². The normalized spacial score (nSPS) is 25.0. The van der Waals surface area contributed by atoms with E-state index >= 15 is 0 Å². The molecule has 0 bridgehead atoms. The Morgan fingerprint density at radius 3 is 3.17 bits per heavy atom. The van der Waals surface area contributed by atoms with Gasteiger partial charge >= 0.3 is 0 Å². The molecule has 1 N–H and O–H groups in total. The van der Waals surface area contributed by atoms with Crippen LogP contribution < -0.4 is 5.32 Å². The molecule has 0 saturated carbocycles. The van der Waals surface area contributed by atoms with E-state index in [-0.39, 0.29) is 0 Å². The molecule has 0 amide bonds. The summed E-state index contributed by atoms with van der Waals surface area (Å²) in [5.41, 5.74) is 0. The summed E-state index contributed by atoms with van der Waals surface area (Å²) in [4.78, 5) is 7.46. The molecule has 1 atom stereocenters. The van der Waals surface area contributed by atoms with Crippen LogP contribution in [0.2, 0.25) is 4.47 Å². The van der Waals surface area contributed by atoms with Crippen LogP contribution in [0.1, 0.15) is 11.0 Å². The Hall–Kier alpha value is -0.160. The van der Waals surface area contributed by atoms with Gasteiger partial charge in [-0.1, -0.05) is 11.6 Å². The summed E-state index contributed by atoms with van der Waals surface area (Å²) in [7, 11) is 2.10. The smallest absolute Gasteiger partial charge is 0.183 e. The average Bonchev–Trinajstić information content (AvgIpc) is 2.58. The molecule has 1 saturated heterocycles. The van der Waals surface area contributed by atoms with Crippen LogP contribution in [0.4, 0.5) is 0 Å². The van der Waals surface area contributed by atoms with Gasteiger partial charge in [0.1, 0.15) is 0 Å². The third-order valence-electron chi connectivity index (χ3n) is 2.01. The van der Waals surface area contributed by atoms with Crippen LogP contribution in [0.15, 0.2) is 6.20 Å². The Bertz CT molecular complexity index is 275. The molecule has 0 spiro atoms. The first-order chi connectivity index (χ1) is 5.77. The van der Waals surface area contributed by atoms with Crippen molar-refractivity contribution >= 4 is 22.9 Å². The summed E-state index contributed by atoms with van der Waals surface area (Å²) in [5, 5.41) is 3.37. The van der Waals surface area contributed by atoms with Crippen molar-refractivity contribution in [2.45, 2.75) is 6.17 Å².